The number of carbonyl (C=O) groups excluding carboxylic acids is 1. The van der Waals surface area contributed by atoms with Gasteiger partial charge in [-0.25, -0.2) is 0 Å². The van der Waals surface area contributed by atoms with Gasteiger partial charge in [-0.3, -0.25) is 4.79 Å². The molecule has 0 heterocycles. The Kier molecular flexibility index (Phi) is 5.49. The highest BCUT2D eigenvalue weighted by Crippen LogP contribution is 2.10. The first-order valence-corrected chi connectivity index (χ1v) is 6.11. The van der Waals surface area contributed by atoms with E-state index < -0.39 is 5.54 Å². The molecular weight excluding hydrogens is 244 g/mol. The summed E-state index contributed by atoms with van der Waals surface area (Å²) in [4.78, 5) is 11.9. The van der Waals surface area contributed by atoms with Crippen LogP contribution in [-0.2, 0) is 11.2 Å². The van der Waals surface area contributed by atoms with E-state index in [-0.39, 0.29) is 25.5 Å². The fourth-order valence-corrected chi connectivity index (χ4v) is 1.66. The van der Waals surface area contributed by atoms with Crippen molar-refractivity contribution < 1.29 is 15.0 Å². The smallest absolute Gasteiger partial charge is 0.225 e. The van der Waals surface area contributed by atoms with Gasteiger partial charge in [0.25, 0.3) is 0 Å². The van der Waals surface area contributed by atoms with Crippen molar-refractivity contribution >= 4 is 5.91 Å². The summed E-state index contributed by atoms with van der Waals surface area (Å²) in [6, 6.07) is 8.72. The maximum absolute atomic E-state index is 11.9. The summed E-state index contributed by atoms with van der Waals surface area (Å²) >= 11 is 0. The van der Waals surface area contributed by atoms with E-state index in [4.69, 9.17) is 5.26 Å². The van der Waals surface area contributed by atoms with Crippen molar-refractivity contribution in [3.05, 3.63) is 35.4 Å². The number of hydrogen-bond acceptors (Lipinski definition) is 4. The maximum atomic E-state index is 11.9. The van der Waals surface area contributed by atoms with Crippen LogP contribution in [0.3, 0.4) is 0 Å². The summed E-state index contributed by atoms with van der Waals surface area (Å²) in [7, 11) is 0. The Morgan fingerprint density at radius 1 is 1.32 bits per heavy atom. The molecule has 0 aliphatic rings. The maximum Gasteiger partial charge on any atom is 0.225 e. The van der Waals surface area contributed by atoms with Crippen LogP contribution >= 0.6 is 0 Å². The number of hydrogen-bond donors (Lipinski definition) is 3. The third-order valence-corrected chi connectivity index (χ3v) is 3.13. The second-order valence-electron chi connectivity index (χ2n) is 4.48. The number of carbonyl (C=O) groups is 1. The molecule has 0 saturated heterocycles. The molecule has 0 fully saturated rings. The minimum atomic E-state index is -0.969. The third-order valence-electron chi connectivity index (χ3n) is 3.13. The molecule has 0 aliphatic heterocycles. The van der Waals surface area contributed by atoms with E-state index in [0.717, 1.165) is 5.56 Å². The van der Waals surface area contributed by atoms with Gasteiger partial charge in [0, 0.05) is 0 Å². The molecule has 1 aromatic rings. The van der Waals surface area contributed by atoms with Gasteiger partial charge in [0.05, 0.1) is 36.8 Å². The van der Waals surface area contributed by atoms with E-state index in [9.17, 15) is 15.0 Å². The zero-order valence-corrected chi connectivity index (χ0v) is 10.9. The molecule has 0 atom stereocenters. The molecule has 1 aromatic carbocycles. The molecule has 3 N–H and O–H groups in total. The van der Waals surface area contributed by atoms with Gasteiger partial charge >= 0.3 is 0 Å². The molecule has 0 aromatic heterocycles. The molecule has 5 heteroatoms. The van der Waals surface area contributed by atoms with Crippen LogP contribution in [0.4, 0.5) is 0 Å². The fourth-order valence-electron chi connectivity index (χ4n) is 1.66. The number of nitrogens with zero attached hydrogens (tertiary/aromatic N) is 1. The van der Waals surface area contributed by atoms with Crippen LogP contribution in [0.1, 0.15) is 24.5 Å². The number of aliphatic hydroxyl groups is 2. The summed E-state index contributed by atoms with van der Waals surface area (Å²) in [5.41, 5.74) is 0.346. The largest absolute Gasteiger partial charge is 0.394 e. The van der Waals surface area contributed by atoms with Crippen molar-refractivity contribution in [3.8, 4) is 6.07 Å². The molecule has 0 unspecified atom stereocenters. The van der Waals surface area contributed by atoms with Gasteiger partial charge in [-0.15, -0.1) is 0 Å². The Labute approximate surface area is 112 Å². The second-order valence-corrected chi connectivity index (χ2v) is 4.48. The highest BCUT2D eigenvalue weighted by molar-refractivity contribution is 5.79. The summed E-state index contributed by atoms with van der Waals surface area (Å²) in [5, 5.41) is 29.8. The predicted octanol–water partition coefficient (Wildman–Crippen LogP) is 0.350. The average Bonchev–Trinajstić information content (AvgIpc) is 2.46. The molecule has 0 saturated carbocycles. The van der Waals surface area contributed by atoms with Gasteiger partial charge in [0.2, 0.25) is 5.91 Å². The second kappa shape index (κ2) is 6.88. The van der Waals surface area contributed by atoms with Crippen LogP contribution < -0.4 is 5.32 Å². The van der Waals surface area contributed by atoms with Crippen molar-refractivity contribution in [2.24, 2.45) is 0 Å². The lowest BCUT2D eigenvalue weighted by Crippen LogP contribution is -2.54. The van der Waals surface area contributed by atoms with Gasteiger partial charge in [0.15, 0.2) is 0 Å². The predicted molar refractivity (Wildman–Crippen MR) is 70.2 cm³/mol. The Bertz CT molecular complexity index is 450. The van der Waals surface area contributed by atoms with E-state index in [1.165, 1.54) is 0 Å². The third kappa shape index (κ3) is 4.05. The topological polar surface area (TPSA) is 93.3 Å². The highest BCUT2D eigenvalue weighted by Gasteiger charge is 2.28. The van der Waals surface area contributed by atoms with Crippen LogP contribution in [0.15, 0.2) is 24.3 Å². The molecule has 1 amide bonds. The lowest BCUT2D eigenvalue weighted by molar-refractivity contribution is -0.123. The quantitative estimate of drug-likeness (QED) is 0.689. The number of nitriles is 1. The zero-order chi connectivity index (χ0) is 14.3. The van der Waals surface area contributed by atoms with Crippen molar-refractivity contribution in [2.75, 3.05) is 13.2 Å². The standard InChI is InChI=1S/C14H18N2O3/c1-2-14(9-17,10-18)16-13(19)7-11-3-5-12(8-15)6-4-11/h3-6,17-18H,2,7,9-10H2,1H3,(H,16,19). The molecule has 102 valence electrons. The number of amides is 1. The van der Waals surface area contributed by atoms with Gasteiger partial charge in [-0.1, -0.05) is 19.1 Å². The van der Waals surface area contributed by atoms with Crippen molar-refractivity contribution in [3.63, 3.8) is 0 Å². The minimum absolute atomic E-state index is 0.146. The number of nitrogens with one attached hydrogen (secondary N) is 1. The summed E-state index contributed by atoms with van der Waals surface area (Å²) in [6.07, 6.45) is 0.590. The average molecular weight is 262 g/mol. The van der Waals surface area contributed by atoms with Crippen LogP contribution in [0.25, 0.3) is 0 Å². The first kappa shape index (κ1) is 15.2. The zero-order valence-electron chi connectivity index (χ0n) is 10.9. The normalized spacial score (nSPS) is 10.8. The van der Waals surface area contributed by atoms with E-state index in [0.29, 0.717) is 12.0 Å². The fraction of sp³-hybridized carbons (Fsp3) is 0.429. The van der Waals surface area contributed by atoms with Crippen molar-refractivity contribution in [1.29, 1.82) is 5.26 Å². The van der Waals surface area contributed by atoms with Crippen LogP contribution in [0.5, 0.6) is 0 Å². The SMILES string of the molecule is CCC(CO)(CO)NC(=O)Cc1ccc(C#N)cc1. The summed E-state index contributed by atoms with van der Waals surface area (Å²) in [5.74, 6) is -0.269. The van der Waals surface area contributed by atoms with Crippen molar-refractivity contribution in [1.82, 2.24) is 5.32 Å². The first-order valence-electron chi connectivity index (χ1n) is 6.11. The minimum Gasteiger partial charge on any atom is -0.394 e. The van der Waals surface area contributed by atoms with Gasteiger partial charge in [0.1, 0.15) is 0 Å². The molecule has 0 bridgehead atoms. The lowest BCUT2D eigenvalue weighted by atomic mass is 9.98. The Morgan fingerprint density at radius 2 is 1.89 bits per heavy atom. The van der Waals surface area contributed by atoms with Crippen molar-refractivity contribution in [2.45, 2.75) is 25.3 Å². The van der Waals surface area contributed by atoms with Gasteiger partial charge in [-0.2, -0.15) is 5.26 Å². The van der Waals surface area contributed by atoms with Crippen LogP contribution in [0, 0.1) is 11.3 Å². The van der Waals surface area contributed by atoms with Crippen LogP contribution in [0.2, 0.25) is 0 Å². The van der Waals surface area contributed by atoms with E-state index >= 15 is 0 Å². The monoisotopic (exact) mass is 262 g/mol. The number of rotatable bonds is 6. The molecule has 0 radical (unpaired) electrons. The Hall–Kier alpha value is -1.90. The molecule has 19 heavy (non-hydrogen) atoms. The first-order chi connectivity index (χ1) is 9.09. The van der Waals surface area contributed by atoms with Gasteiger partial charge in [-0.05, 0) is 24.1 Å². The molecule has 5 nitrogen and oxygen atoms in total. The molecule has 1 rings (SSSR count). The number of benzene rings is 1. The van der Waals surface area contributed by atoms with Crippen LogP contribution in [-0.4, -0.2) is 34.9 Å². The van der Waals surface area contributed by atoms with E-state index in [1.807, 2.05) is 6.07 Å². The summed E-state index contributed by atoms with van der Waals surface area (Å²) in [6.45, 7) is 1.17. The van der Waals surface area contributed by atoms with Gasteiger partial charge < -0.3 is 15.5 Å². The lowest BCUT2D eigenvalue weighted by Gasteiger charge is -2.29. The molecule has 0 spiro atoms. The molecular formula is C14H18N2O3. The molecule has 0 aliphatic carbocycles. The summed E-state index contributed by atoms with van der Waals surface area (Å²) < 4.78 is 0. The van der Waals surface area contributed by atoms with E-state index in [2.05, 4.69) is 5.32 Å². The van der Waals surface area contributed by atoms with E-state index in [1.54, 1.807) is 31.2 Å². The number of aliphatic hydroxyl groups excluding tert-OH is 2. The highest BCUT2D eigenvalue weighted by atomic mass is 16.3. The Balaban J connectivity index is 2.66. The Morgan fingerprint density at radius 3 is 2.32 bits per heavy atom.